The monoisotopic (exact) mass is 760 g/mol. The van der Waals surface area contributed by atoms with Crippen molar-refractivity contribution in [3.63, 3.8) is 0 Å². The lowest BCUT2D eigenvalue weighted by molar-refractivity contribution is -0.0399. The number of aromatic nitrogens is 1. The van der Waals surface area contributed by atoms with Crippen LogP contribution in [-0.2, 0) is 5.41 Å². The molecule has 0 unspecified atom stereocenters. The summed E-state index contributed by atoms with van der Waals surface area (Å²) in [6, 6.07) is 58.8. The number of nitrogens with zero attached hydrogens (tertiary/aromatic N) is 2. The molecule has 0 N–H and O–H groups in total. The molecule has 1 heterocycles. The quantitative estimate of drug-likeness (QED) is 0.147. The van der Waals surface area contributed by atoms with Crippen molar-refractivity contribution in [2.75, 3.05) is 4.90 Å². The first-order valence-corrected chi connectivity index (χ1v) is 21.7. The molecule has 5 aliphatic rings. The van der Waals surface area contributed by atoms with E-state index < -0.39 is 0 Å². The van der Waals surface area contributed by atoms with Crippen LogP contribution in [0.2, 0.25) is 0 Å². The van der Waals surface area contributed by atoms with Crippen molar-refractivity contribution in [2.24, 2.45) is 23.7 Å². The highest BCUT2D eigenvalue weighted by atomic mass is 15.1. The molecular formula is C57H48N2. The van der Waals surface area contributed by atoms with Crippen LogP contribution in [0.5, 0.6) is 0 Å². The van der Waals surface area contributed by atoms with Crippen molar-refractivity contribution >= 4 is 49.5 Å². The summed E-state index contributed by atoms with van der Waals surface area (Å²) >= 11 is 0. The summed E-state index contributed by atoms with van der Waals surface area (Å²) in [4.78, 5) is 2.47. The first kappa shape index (κ1) is 34.6. The van der Waals surface area contributed by atoms with Crippen LogP contribution in [0.1, 0.15) is 55.7 Å². The summed E-state index contributed by atoms with van der Waals surface area (Å²) in [5, 5.41) is 5.02. The van der Waals surface area contributed by atoms with E-state index in [9.17, 15) is 0 Å². The Kier molecular flexibility index (Phi) is 7.83. The van der Waals surface area contributed by atoms with Crippen molar-refractivity contribution < 1.29 is 0 Å². The first-order valence-electron chi connectivity index (χ1n) is 21.7. The summed E-state index contributed by atoms with van der Waals surface area (Å²) in [5.74, 6) is 3.20. The minimum Gasteiger partial charge on any atom is -0.310 e. The van der Waals surface area contributed by atoms with Gasteiger partial charge in [0.1, 0.15) is 0 Å². The minimum atomic E-state index is 0.0804. The number of fused-ring (bicyclic) bond motifs is 7. The van der Waals surface area contributed by atoms with Gasteiger partial charge in [-0.05, 0) is 168 Å². The number of rotatable bonds is 7. The highest BCUT2D eigenvalue weighted by Gasteiger charge is 2.61. The molecule has 0 saturated heterocycles. The van der Waals surface area contributed by atoms with Crippen LogP contribution in [-0.4, -0.2) is 4.57 Å². The predicted octanol–water partition coefficient (Wildman–Crippen LogP) is 15.0. The average Bonchev–Trinajstić information content (AvgIpc) is 3.76. The van der Waals surface area contributed by atoms with Crippen LogP contribution in [0.3, 0.4) is 0 Å². The van der Waals surface area contributed by atoms with Crippen molar-refractivity contribution in [3.05, 3.63) is 205 Å². The van der Waals surface area contributed by atoms with Crippen molar-refractivity contribution in [1.29, 1.82) is 0 Å². The van der Waals surface area contributed by atoms with E-state index in [1.165, 1.54) is 98.3 Å². The summed E-state index contributed by atoms with van der Waals surface area (Å²) in [6.07, 6.45) is 13.5. The molecular weight excluding hydrogens is 713 g/mol. The van der Waals surface area contributed by atoms with E-state index in [1.54, 1.807) is 11.1 Å². The molecule has 2 nitrogen and oxygen atoms in total. The standard InChI is InChI=1S/C57H48N2/c1-3-43(25-24-37(2)47-21-13-15-40-14-7-8-18-48(40)47)58(45-27-29-56-52(35-45)51-20-10-12-23-55(51)59(56)44-16-5-4-6-17-44)46-26-28-50-49-19-9-11-22-53(49)57(54(50)36-46)41-31-38-30-39(33-41)34-42(57)32-38/h3-29,35-36,38-39,41-42H,1,30-34H2,2H3/b37-24+,43-25+. The summed E-state index contributed by atoms with van der Waals surface area (Å²) in [5.41, 5.74) is 15.6. The fraction of sp³-hybridized carbons (Fsp3) is 0.193. The summed E-state index contributed by atoms with van der Waals surface area (Å²) in [7, 11) is 0. The molecule has 59 heavy (non-hydrogen) atoms. The van der Waals surface area contributed by atoms with Gasteiger partial charge in [0, 0.05) is 38.9 Å². The third-order valence-corrected chi connectivity index (χ3v) is 14.9. The third kappa shape index (κ3) is 5.12. The van der Waals surface area contributed by atoms with Gasteiger partial charge in [-0.15, -0.1) is 0 Å². The highest BCUT2D eigenvalue weighted by Crippen LogP contribution is 2.69. The molecule has 7 aromatic carbocycles. The van der Waals surface area contributed by atoms with Gasteiger partial charge in [-0.1, -0.05) is 122 Å². The maximum absolute atomic E-state index is 4.49. The van der Waals surface area contributed by atoms with Crippen LogP contribution in [0, 0.1) is 23.7 Å². The van der Waals surface area contributed by atoms with E-state index in [0.29, 0.717) is 11.8 Å². The van der Waals surface area contributed by atoms with Gasteiger partial charge in [-0.2, -0.15) is 0 Å². The van der Waals surface area contributed by atoms with Gasteiger partial charge in [-0.25, -0.2) is 0 Å². The van der Waals surface area contributed by atoms with Gasteiger partial charge in [0.2, 0.25) is 0 Å². The number of benzene rings is 7. The topological polar surface area (TPSA) is 8.17 Å². The smallest absolute Gasteiger partial charge is 0.0542 e. The zero-order valence-electron chi connectivity index (χ0n) is 33.7. The Labute approximate surface area is 347 Å². The molecule has 13 rings (SSSR count). The molecule has 4 saturated carbocycles. The van der Waals surface area contributed by atoms with Crippen molar-refractivity contribution in [3.8, 4) is 16.8 Å². The molecule has 286 valence electrons. The maximum atomic E-state index is 4.49. The van der Waals surface area contributed by atoms with Crippen molar-refractivity contribution in [2.45, 2.75) is 44.4 Å². The predicted molar refractivity (Wildman–Crippen MR) is 249 cm³/mol. The molecule has 0 radical (unpaired) electrons. The largest absolute Gasteiger partial charge is 0.310 e. The van der Waals surface area contributed by atoms with E-state index in [-0.39, 0.29) is 5.41 Å². The molecule has 1 aromatic heterocycles. The lowest BCUT2D eigenvalue weighted by Gasteiger charge is -2.61. The zero-order valence-corrected chi connectivity index (χ0v) is 33.7. The van der Waals surface area contributed by atoms with Gasteiger partial charge in [0.15, 0.2) is 0 Å². The van der Waals surface area contributed by atoms with Gasteiger partial charge in [-0.3, -0.25) is 0 Å². The number of hydrogen-bond donors (Lipinski definition) is 0. The Morgan fingerprint density at radius 2 is 1.22 bits per heavy atom. The number of allylic oxidation sites excluding steroid dienone is 4. The molecule has 4 fully saturated rings. The normalized spacial score (nSPS) is 23.0. The molecule has 4 bridgehead atoms. The fourth-order valence-electron chi connectivity index (χ4n) is 12.8. The lowest BCUT2D eigenvalue weighted by Crippen LogP contribution is -2.55. The Balaban J connectivity index is 1.07. The Morgan fingerprint density at radius 1 is 0.576 bits per heavy atom. The van der Waals surface area contributed by atoms with Gasteiger partial charge in [0.25, 0.3) is 0 Å². The molecule has 8 aromatic rings. The second-order valence-electron chi connectivity index (χ2n) is 17.8. The first-order chi connectivity index (χ1) is 29.1. The third-order valence-electron chi connectivity index (χ3n) is 14.9. The maximum Gasteiger partial charge on any atom is 0.0542 e. The molecule has 2 heteroatoms. The number of anilines is 2. The lowest BCUT2D eigenvalue weighted by atomic mass is 9.43. The van der Waals surface area contributed by atoms with Crippen molar-refractivity contribution in [1.82, 2.24) is 4.57 Å². The summed E-state index contributed by atoms with van der Waals surface area (Å²) < 4.78 is 2.40. The Bertz CT molecular complexity index is 3010. The van der Waals surface area contributed by atoms with E-state index in [1.807, 2.05) is 6.08 Å². The second-order valence-corrected chi connectivity index (χ2v) is 17.8. The van der Waals surface area contributed by atoms with E-state index >= 15 is 0 Å². The second kappa shape index (κ2) is 13.3. The number of para-hydroxylation sites is 2. The van der Waals surface area contributed by atoms with Crippen LogP contribution in [0.4, 0.5) is 11.4 Å². The van der Waals surface area contributed by atoms with Gasteiger partial charge in [0.05, 0.1) is 11.0 Å². The molecule has 0 amide bonds. The van der Waals surface area contributed by atoms with Crippen LogP contribution < -0.4 is 4.90 Å². The average molecular weight is 761 g/mol. The Morgan fingerprint density at radius 3 is 2.03 bits per heavy atom. The zero-order chi connectivity index (χ0) is 39.2. The number of hydrogen-bond acceptors (Lipinski definition) is 1. The van der Waals surface area contributed by atoms with Gasteiger partial charge < -0.3 is 9.47 Å². The van der Waals surface area contributed by atoms with E-state index in [2.05, 4.69) is 193 Å². The molecule has 1 spiro atoms. The summed E-state index contributed by atoms with van der Waals surface area (Å²) in [6.45, 7) is 6.73. The molecule has 0 aliphatic heterocycles. The molecule has 0 atom stereocenters. The minimum absolute atomic E-state index is 0.0804. The fourth-order valence-corrected chi connectivity index (χ4v) is 12.8. The highest BCUT2D eigenvalue weighted by molar-refractivity contribution is 6.10. The van der Waals surface area contributed by atoms with E-state index in [0.717, 1.165) is 23.2 Å². The van der Waals surface area contributed by atoms with Crippen LogP contribution in [0.15, 0.2) is 188 Å². The Hall–Kier alpha value is -6.38. The van der Waals surface area contributed by atoms with Crippen LogP contribution >= 0.6 is 0 Å². The molecule has 5 aliphatic carbocycles. The SMILES string of the molecule is C=C/C(=C\C=C(/C)c1cccc2ccccc12)N(c1ccc2c(c1)C1(c3ccccc3-2)C2CC3CC(C2)CC1C3)c1ccc2c(c1)c1ccccc1n2-c1ccccc1. The van der Waals surface area contributed by atoms with E-state index in [4.69, 9.17) is 0 Å². The van der Waals surface area contributed by atoms with Gasteiger partial charge >= 0.3 is 0 Å². The van der Waals surface area contributed by atoms with Crippen LogP contribution in [0.25, 0.3) is 55.0 Å².